The number of sulfone groups is 1. The minimum atomic E-state index is -3.61. The van der Waals surface area contributed by atoms with E-state index >= 15 is 4.39 Å². The molecule has 2 aliphatic heterocycles. The predicted octanol–water partition coefficient (Wildman–Crippen LogP) is 2.44. The summed E-state index contributed by atoms with van der Waals surface area (Å²) in [4.78, 5) is 15.4. The van der Waals surface area contributed by atoms with Crippen molar-refractivity contribution >= 4 is 26.6 Å². The molecule has 33 heavy (non-hydrogen) atoms. The summed E-state index contributed by atoms with van der Waals surface area (Å²) in [6.07, 6.45) is 4.42. The molecule has 3 aromatic heterocycles. The molecule has 3 aromatic rings. The summed E-state index contributed by atoms with van der Waals surface area (Å²) in [6, 6.07) is 1.66. The zero-order valence-corrected chi connectivity index (χ0v) is 20.0. The number of nitrogens with zero attached hydrogens (tertiary/aromatic N) is 5. The Balaban J connectivity index is 1.84. The molecule has 2 aliphatic rings. The minimum absolute atomic E-state index is 0.0289. The maximum atomic E-state index is 15.1. The normalized spacial score (nSPS) is 21.0. The molecule has 5 rings (SSSR count). The van der Waals surface area contributed by atoms with Crippen LogP contribution in [0.5, 0.6) is 5.75 Å². The van der Waals surface area contributed by atoms with Crippen LogP contribution in [0.3, 0.4) is 0 Å². The van der Waals surface area contributed by atoms with E-state index in [-0.39, 0.29) is 29.2 Å². The van der Waals surface area contributed by atoms with E-state index in [1.165, 1.54) is 6.20 Å². The summed E-state index contributed by atoms with van der Waals surface area (Å²) in [5, 5.41) is 0.594. The standard InChI is InChI=1S/C22H26FN5O4S/c1-12-9-31-10-13-11-32-17-18(22(2,3)33(5,29)30)25-20(26-21(17)28(12)13)16-14-6-7-27(4)15(14)8-24-19(16)23/h6-8,12-13H,9-11H2,1-5H3/t12-,13+/m1/s1. The van der Waals surface area contributed by atoms with E-state index in [0.29, 0.717) is 42.3 Å². The minimum Gasteiger partial charge on any atom is -0.486 e. The number of aryl methyl sites for hydroxylation is 1. The SMILES string of the molecule is C[C@@H]1COC[C@H]2COc3c(nc(-c4c(F)ncc5c4ccn5C)nc3C(C)(C)S(C)(=O)=O)N21. The van der Waals surface area contributed by atoms with Gasteiger partial charge in [-0.05, 0) is 26.8 Å². The number of halogens is 1. The number of ether oxygens (including phenoxy) is 2. The largest absolute Gasteiger partial charge is 0.486 e. The zero-order chi connectivity index (χ0) is 23.7. The van der Waals surface area contributed by atoms with Gasteiger partial charge in [0.1, 0.15) is 17.0 Å². The Hall–Kier alpha value is -2.79. The van der Waals surface area contributed by atoms with Crippen molar-refractivity contribution in [3.8, 4) is 17.1 Å². The fourth-order valence-electron chi connectivity index (χ4n) is 4.45. The van der Waals surface area contributed by atoms with Crippen molar-refractivity contribution in [2.24, 2.45) is 7.05 Å². The van der Waals surface area contributed by atoms with Crippen molar-refractivity contribution in [2.45, 2.75) is 37.6 Å². The van der Waals surface area contributed by atoms with E-state index in [1.54, 1.807) is 26.1 Å². The van der Waals surface area contributed by atoms with Crippen LogP contribution in [0.2, 0.25) is 0 Å². The van der Waals surface area contributed by atoms with E-state index in [9.17, 15) is 8.42 Å². The Labute approximate surface area is 191 Å². The Morgan fingerprint density at radius 3 is 2.70 bits per heavy atom. The number of hydrogen-bond donors (Lipinski definition) is 0. The maximum absolute atomic E-state index is 15.1. The lowest BCUT2D eigenvalue weighted by Crippen LogP contribution is -2.56. The molecule has 2 atom stereocenters. The summed E-state index contributed by atoms with van der Waals surface area (Å²) >= 11 is 0. The fourth-order valence-corrected chi connectivity index (χ4v) is 4.94. The van der Waals surface area contributed by atoms with Crippen molar-refractivity contribution in [3.63, 3.8) is 0 Å². The number of hydrogen-bond acceptors (Lipinski definition) is 8. The van der Waals surface area contributed by atoms with Gasteiger partial charge in [-0.2, -0.15) is 4.39 Å². The van der Waals surface area contributed by atoms with Crippen LogP contribution in [0.1, 0.15) is 26.5 Å². The van der Waals surface area contributed by atoms with Crippen LogP contribution in [-0.4, -0.2) is 66.1 Å². The van der Waals surface area contributed by atoms with E-state index in [2.05, 4.69) is 14.9 Å². The highest BCUT2D eigenvalue weighted by molar-refractivity contribution is 7.91. The highest BCUT2D eigenvalue weighted by Gasteiger charge is 2.44. The Bertz CT molecular complexity index is 1370. The summed E-state index contributed by atoms with van der Waals surface area (Å²) in [7, 11) is -1.77. The Kier molecular flexibility index (Phi) is 4.91. The molecule has 176 valence electrons. The molecule has 0 saturated carbocycles. The lowest BCUT2D eigenvalue weighted by molar-refractivity contribution is 0.0482. The van der Waals surface area contributed by atoms with Gasteiger partial charge in [0.05, 0.1) is 42.6 Å². The average molecular weight is 476 g/mol. The maximum Gasteiger partial charge on any atom is 0.224 e. The van der Waals surface area contributed by atoms with Gasteiger partial charge in [-0.3, -0.25) is 0 Å². The van der Waals surface area contributed by atoms with Crippen LogP contribution in [0, 0.1) is 5.95 Å². The smallest absolute Gasteiger partial charge is 0.224 e. The second-order valence-corrected chi connectivity index (χ2v) is 11.8. The molecule has 0 amide bonds. The van der Waals surface area contributed by atoms with E-state index in [1.807, 2.05) is 18.5 Å². The topological polar surface area (TPSA) is 99.4 Å². The molecular weight excluding hydrogens is 449 g/mol. The molecule has 9 nitrogen and oxygen atoms in total. The molecule has 5 heterocycles. The third kappa shape index (κ3) is 3.28. The molecule has 1 fully saturated rings. The van der Waals surface area contributed by atoms with Crippen molar-refractivity contribution in [1.82, 2.24) is 19.5 Å². The van der Waals surface area contributed by atoms with E-state index < -0.39 is 20.5 Å². The third-order valence-electron chi connectivity index (χ3n) is 6.67. The van der Waals surface area contributed by atoms with Crippen molar-refractivity contribution in [3.05, 3.63) is 30.1 Å². The van der Waals surface area contributed by atoms with Gasteiger partial charge in [0.2, 0.25) is 5.95 Å². The van der Waals surface area contributed by atoms with Gasteiger partial charge in [0.25, 0.3) is 0 Å². The molecule has 0 N–H and O–H groups in total. The van der Waals surface area contributed by atoms with E-state index in [0.717, 1.165) is 6.26 Å². The highest BCUT2D eigenvalue weighted by Crippen LogP contribution is 2.45. The van der Waals surface area contributed by atoms with Crippen molar-refractivity contribution < 1.29 is 22.3 Å². The number of aromatic nitrogens is 4. The molecule has 0 aromatic carbocycles. The number of morpholine rings is 1. The van der Waals surface area contributed by atoms with Gasteiger partial charge in [-0.1, -0.05) is 0 Å². The molecule has 0 spiro atoms. The Morgan fingerprint density at radius 2 is 1.97 bits per heavy atom. The molecule has 11 heteroatoms. The molecular formula is C22H26FN5O4S. The van der Waals surface area contributed by atoms with E-state index in [4.69, 9.17) is 14.5 Å². The summed E-state index contributed by atoms with van der Waals surface area (Å²) < 4.78 is 52.8. The first-order chi connectivity index (χ1) is 15.5. The predicted molar refractivity (Wildman–Crippen MR) is 122 cm³/mol. The number of fused-ring (bicyclic) bond motifs is 4. The summed E-state index contributed by atoms with van der Waals surface area (Å²) in [6.45, 7) is 6.42. The molecule has 0 aliphatic carbocycles. The van der Waals surface area contributed by atoms with Crippen LogP contribution in [-0.2, 0) is 26.4 Å². The monoisotopic (exact) mass is 475 g/mol. The van der Waals surface area contributed by atoms with Crippen LogP contribution in [0.4, 0.5) is 10.2 Å². The Morgan fingerprint density at radius 1 is 1.21 bits per heavy atom. The second kappa shape index (κ2) is 7.36. The number of pyridine rings is 1. The molecule has 0 radical (unpaired) electrons. The lowest BCUT2D eigenvalue weighted by Gasteiger charge is -2.45. The first-order valence-electron chi connectivity index (χ1n) is 10.7. The molecule has 0 bridgehead atoms. The van der Waals surface area contributed by atoms with Gasteiger partial charge in [0.15, 0.2) is 27.2 Å². The van der Waals surface area contributed by atoms with Crippen LogP contribution in [0.25, 0.3) is 22.3 Å². The van der Waals surface area contributed by atoms with Gasteiger partial charge in [-0.15, -0.1) is 0 Å². The first-order valence-corrected chi connectivity index (χ1v) is 12.6. The summed E-state index contributed by atoms with van der Waals surface area (Å²) in [5.41, 5.74) is 1.05. The zero-order valence-electron chi connectivity index (χ0n) is 19.2. The second-order valence-electron chi connectivity index (χ2n) is 9.24. The fraction of sp³-hybridized carbons (Fsp3) is 0.500. The van der Waals surface area contributed by atoms with Gasteiger partial charge in [0, 0.05) is 24.9 Å². The highest BCUT2D eigenvalue weighted by atomic mass is 32.2. The van der Waals surface area contributed by atoms with Crippen LogP contribution >= 0.6 is 0 Å². The van der Waals surface area contributed by atoms with Crippen molar-refractivity contribution in [2.75, 3.05) is 31.0 Å². The van der Waals surface area contributed by atoms with Crippen LogP contribution < -0.4 is 9.64 Å². The molecule has 1 saturated heterocycles. The van der Waals surface area contributed by atoms with Gasteiger partial charge < -0.3 is 18.9 Å². The molecule has 0 unspecified atom stereocenters. The number of anilines is 1. The quantitative estimate of drug-likeness (QED) is 0.533. The first kappa shape index (κ1) is 22.0. The lowest BCUT2D eigenvalue weighted by atomic mass is 10.0. The third-order valence-corrected chi connectivity index (χ3v) is 8.71. The summed E-state index contributed by atoms with van der Waals surface area (Å²) in [5.74, 6) is 0.115. The van der Waals surface area contributed by atoms with Gasteiger partial charge in [-0.25, -0.2) is 23.4 Å². The van der Waals surface area contributed by atoms with Gasteiger partial charge >= 0.3 is 0 Å². The average Bonchev–Trinajstić information content (AvgIpc) is 3.12. The number of rotatable bonds is 3. The van der Waals surface area contributed by atoms with Crippen LogP contribution in [0.15, 0.2) is 18.5 Å². The van der Waals surface area contributed by atoms with Crippen molar-refractivity contribution in [1.29, 1.82) is 0 Å².